The average molecular weight is 331 g/mol. The van der Waals surface area contributed by atoms with E-state index in [-0.39, 0.29) is 0 Å². The molecular weight excluding hydrogens is 288 g/mol. The molecule has 0 heteroatoms. The standard InChI is InChI=1S/C24H42/c1-15(2)19(9)16(3,4)22(12)21(15,11)23(13)17(5,6)20(19,10)18(7,8)24(22,23)14/h1-14H3. The molecule has 138 valence electrons. The van der Waals surface area contributed by atoms with E-state index in [1.807, 2.05) is 0 Å². The third-order valence-corrected chi connectivity index (χ3v) is 15.0. The highest BCUT2D eigenvalue weighted by atomic mass is 15.1. The molecule has 0 nitrogen and oxygen atoms in total. The van der Waals surface area contributed by atoms with Gasteiger partial charge in [-0.25, -0.2) is 0 Å². The molecule has 0 atom stereocenters. The maximum atomic E-state index is 2.68. The highest BCUT2D eigenvalue weighted by Gasteiger charge is 3.08. The molecule has 0 saturated heterocycles. The van der Waals surface area contributed by atoms with Gasteiger partial charge >= 0.3 is 0 Å². The second kappa shape index (κ2) is 3.09. The lowest BCUT2D eigenvalue weighted by Gasteiger charge is -2.85. The Hall–Kier alpha value is 0. The van der Waals surface area contributed by atoms with Gasteiger partial charge in [0.2, 0.25) is 0 Å². The van der Waals surface area contributed by atoms with Crippen LogP contribution in [0.2, 0.25) is 0 Å². The molecule has 0 N–H and O–H groups in total. The van der Waals surface area contributed by atoms with E-state index in [0.29, 0.717) is 54.1 Å². The van der Waals surface area contributed by atoms with Crippen LogP contribution in [-0.4, -0.2) is 0 Å². The topological polar surface area (TPSA) is 0 Å². The van der Waals surface area contributed by atoms with Crippen LogP contribution in [-0.2, 0) is 0 Å². The predicted molar refractivity (Wildman–Crippen MR) is 104 cm³/mol. The monoisotopic (exact) mass is 330 g/mol. The van der Waals surface area contributed by atoms with Crippen LogP contribution >= 0.6 is 0 Å². The van der Waals surface area contributed by atoms with Crippen molar-refractivity contribution in [2.75, 3.05) is 0 Å². The van der Waals surface area contributed by atoms with Gasteiger partial charge in [0.25, 0.3) is 0 Å². The van der Waals surface area contributed by atoms with Crippen LogP contribution < -0.4 is 0 Å². The summed E-state index contributed by atoms with van der Waals surface area (Å²) >= 11 is 0. The van der Waals surface area contributed by atoms with Crippen LogP contribution in [0, 0.1) is 54.1 Å². The number of hydrogen-bond donors (Lipinski definition) is 0. The average Bonchev–Trinajstić information content (AvgIpc) is 2.53. The van der Waals surface area contributed by atoms with E-state index in [0.717, 1.165) is 0 Å². The van der Waals surface area contributed by atoms with Crippen molar-refractivity contribution >= 4 is 0 Å². The van der Waals surface area contributed by atoms with E-state index in [2.05, 4.69) is 96.9 Å². The smallest absolute Gasteiger partial charge is 0.0139 e. The summed E-state index contributed by atoms with van der Waals surface area (Å²) in [5, 5.41) is 0. The lowest BCUT2D eigenvalue weighted by Crippen LogP contribution is -2.81. The molecule has 0 aromatic rings. The zero-order chi connectivity index (χ0) is 19.0. The maximum Gasteiger partial charge on any atom is -0.0139 e. The van der Waals surface area contributed by atoms with Crippen LogP contribution in [0.3, 0.4) is 0 Å². The molecule has 0 aromatic carbocycles. The summed E-state index contributed by atoms with van der Waals surface area (Å²) in [6.45, 7) is 37.2. The SMILES string of the molecule is CC1(C)C2(C)C(C)(C)C3(C)C1(C)C1(C)C(C)(C)C2(C)C(C)(C)C31C. The maximum absolute atomic E-state index is 2.68. The van der Waals surface area contributed by atoms with E-state index >= 15 is 0 Å². The summed E-state index contributed by atoms with van der Waals surface area (Å²) in [6.07, 6.45) is 0. The van der Waals surface area contributed by atoms with Crippen molar-refractivity contribution < 1.29 is 0 Å². The zero-order valence-corrected chi connectivity index (χ0v) is 19.0. The van der Waals surface area contributed by atoms with Crippen molar-refractivity contribution in [3.05, 3.63) is 0 Å². The molecule has 0 heterocycles. The Bertz CT molecular complexity index is 561. The van der Waals surface area contributed by atoms with Gasteiger partial charge in [-0.3, -0.25) is 0 Å². The molecule has 5 saturated carbocycles. The normalized spacial score (nSPS) is 65.8. The lowest BCUT2D eigenvalue weighted by atomic mass is 9.19. The molecule has 0 amide bonds. The third kappa shape index (κ3) is 0.709. The van der Waals surface area contributed by atoms with E-state index in [1.54, 1.807) is 0 Å². The van der Waals surface area contributed by atoms with Gasteiger partial charge in [0.15, 0.2) is 0 Å². The van der Waals surface area contributed by atoms with Crippen molar-refractivity contribution in [2.45, 2.75) is 96.9 Å². The molecule has 5 aliphatic carbocycles. The second-order valence-electron chi connectivity index (χ2n) is 13.2. The summed E-state index contributed by atoms with van der Waals surface area (Å²) in [6, 6.07) is 0. The molecule has 0 unspecified atom stereocenters. The van der Waals surface area contributed by atoms with Crippen molar-refractivity contribution in [1.29, 1.82) is 0 Å². The Labute approximate surface area is 151 Å². The molecule has 5 aliphatic rings. The van der Waals surface area contributed by atoms with Crippen LogP contribution in [0.15, 0.2) is 0 Å². The van der Waals surface area contributed by atoms with Crippen LogP contribution in [0.5, 0.6) is 0 Å². The van der Waals surface area contributed by atoms with Crippen molar-refractivity contribution in [2.24, 2.45) is 54.1 Å². The summed E-state index contributed by atoms with van der Waals surface area (Å²) in [7, 11) is 0. The molecule has 24 heavy (non-hydrogen) atoms. The Morgan fingerprint density at radius 1 is 0.208 bits per heavy atom. The number of rotatable bonds is 0. The predicted octanol–water partition coefficient (Wildman–Crippen LogP) is 7.18. The second-order valence-corrected chi connectivity index (χ2v) is 13.2. The third-order valence-electron chi connectivity index (χ3n) is 15.0. The van der Waals surface area contributed by atoms with Crippen molar-refractivity contribution in [3.8, 4) is 0 Å². The minimum Gasteiger partial charge on any atom is -0.0588 e. The van der Waals surface area contributed by atoms with E-state index < -0.39 is 0 Å². The van der Waals surface area contributed by atoms with E-state index in [4.69, 9.17) is 0 Å². The van der Waals surface area contributed by atoms with Crippen LogP contribution in [0.25, 0.3) is 0 Å². The van der Waals surface area contributed by atoms with Gasteiger partial charge < -0.3 is 0 Å². The molecule has 5 fully saturated rings. The van der Waals surface area contributed by atoms with E-state index in [1.165, 1.54) is 0 Å². The van der Waals surface area contributed by atoms with Gasteiger partial charge in [-0.2, -0.15) is 0 Å². The van der Waals surface area contributed by atoms with Gasteiger partial charge in [-0.05, 0) is 54.1 Å². The Kier molecular flexibility index (Phi) is 2.24. The highest BCUT2D eigenvalue weighted by molar-refractivity contribution is 5.54. The summed E-state index contributed by atoms with van der Waals surface area (Å²) < 4.78 is 0. The van der Waals surface area contributed by atoms with Crippen LogP contribution in [0.1, 0.15) is 96.9 Å². The summed E-state index contributed by atoms with van der Waals surface area (Å²) in [5.74, 6) is 0. The van der Waals surface area contributed by atoms with Gasteiger partial charge in [0, 0.05) is 0 Å². The fourth-order valence-electron chi connectivity index (χ4n) is 13.0. The number of hydrogen-bond acceptors (Lipinski definition) is 0. The zero-order valence-electron chi connectivity index (χ0n) is 19.0. The Morgan fingerprint density at radius 3 is 0.458 bits per heavy atom. The first-order chi connectivity index (χ1) is 10.2. The largest absolute Gasteiger partial charge is 0.0588 e. The molecular formula is C24H42. The van der Waals surface area contributed by atoms with Gasteiger partial charge in [-0.15, -0.1) is 0 Å². The summed E-state index contributed by atoms with van der Waals surface area (Å²) in [4.78, 5) is 0. The highest BCUT2D eigenvalue weighted by Crippen LogP contribution is 3.12. The van der Waals surface area contributed by atoms with Crippen molar-refractivity contribution in [1.82, 2.24) is 0 Å². The quantitative estimate of drug-likeness (QED) is 0.441. The Morgan fingerprint density at radius 2 is 0.333 bits per heavy atom. The van der Waals surface area contributed by atoms with Gasteiger partial charge in [0.05, 0.1) is 0 Å². The first kappa shape index (κ1) is 17.4. The molecule has 0 radical (unpaired) electrons. The molecule has 0 aromatic heterocycles. The minimum atomic E-state index is 0.305. The van der Waals surface area contributed by atoms with Crippen LogP contribution in [0.4, 0.5) is 0 Å². The fourth-order valence-corrected chi connectivity index (χ4v) is 13.0. The van der Waals surface area contributed by atoms with E-state index in [9.17, 15) is 0 Å². The lowest BCUT2D eigenvalue weighted by molar-refractivity contribution is -0.382. The molecule has 0 spiro atoms. The summed E-state index contributed by atoms with van der Waals surface area (Å²) in [5.41, 5.74) is 3.34. The first-order valence-electron chi connectivity index (χ1n) is 10.2. The van der Waals surface area contributed by atoms with Gasteiger partial charge in [0.1, 0.15) is 0 Å². The molecule has 5 rings (SSSR count). The minimum absolute atomic E-state index is 0.305. The Balaban J connectivity index is 2.35. The fraction of sp³-hybridized carbons (Fsp3) is 1.00. The molecule has 0 aliphatic heterocycles. The van der Waals surface area contributed by atoms with Crippen molar-refractivity contribution in [3.63, 3.8) is 0 Å². The first-order valence-corrected chi connectivity index (χ1v) is 10.2. The van der Waals surface area contributed by atoms with Gasteiger partial charge in [-0.1, -0.05) is 96.9 Å². The molecule has 6 bridgehead atoms.